The summed E-state index contributed by atoms with van der Waals surface area (Å²) in [6.45, 7) is 0. The van der Waals surface area contributed by atoms with Gasteiger partial charge in [-0.2, -0.15) is 0 Å². The van der Waals surface area contributed by atoms with Crippen molar-refractivity contribution in [2.75, 3.05) is 0 Å². The van der Waals surface area contributed by atoms with E-state index in [1.807, 2.05) is 24.3 Å². The van der Waals surface area contributed by atoms with Gasteiger partial charge in [0.15, 0.2) is 0 Å². The van der Waals surface area contributed by atoms with Crippen LogP contribution in [0, 0.1) is 0 Å². The lowest BCUT2D eigenvalue weighted by molar-refractivity contribution is 1.33. The van der Waals surface area contributed by atoms with E-state index < -0.39 is 0 Å². The summed E-state index contributed by atoms with van der Waals surface area (Å²) < 4.78 is 0. The van der Waals surface area contributed by atoms with Gasteiger partial charge in [0.05, 0.1) is 0 Å². The fourth-order valence-electron chi connectivity index (χ4n) is 3.65. The summed E-state index contributed by atoms with van der Waals surface area (Å²) in [6.07, 6.45) is 0. The van der Waals surface area contributed by atoms with Gasteiger partial charge < -0.3 is 0 Å². The molecule has 0 saturated heterocycles. The number of hydrogen-bond acceptors (Lipinski definition) is 4. The predicted octanol–water partition coefficient (Wildman–Crippen LogP) is 12.0. The van der Waals surface area contributed by atoms with Crippen molar-refractivity contribution in [1.29, 1.82) is 0 Å². The SMILES string of the molecule is c1ccc(Sc2ccc(Sc3ccccc3)cc2)cc1.c1ccc(Sc2ccc(Sc3ccccc3)cc2)cc1. The maximum atomic E-state index is 2.18. The second-order valence-corrected chi connectivity index (χ2v) is 13.2. The molecule has 0 saturated carbocycles. The van der Waals surface area contributed by atoms with Gasteiger partial charge in [0, 0.05) is 39.2 Å². The van der Waals surface area contributed by atoms with Crippen molar-refractivity contribution >= 4 is 47.0 Å². The molecule has 0 nitrogen and oxygen atoms in total. The van der Waals surface area contributed by atoms with Crippen LogP contribution in [-0.2, 0) is 0 Å². The molecule has 0 N–H and O–H groups in total. The Morgan fingerprint density at radius 2 is 0.325 bits per heavy atom. The van der Waals surface area contributed by atoms with Crippen LogP contribution in [0.5, 0.6) is 0 Å². The third-order valence-electron chi connectivity index (χ3n) is 5.56. The lowest BCUT2D eigenvalue weighted by Crippen LogP contribution is -1.75. The Bertz CT molecular complexity index is 1290. The fourth-order valence-corrected chi connectivity index (χ4v) is 7.00. The summed E-state index contributed by atoms with van der Waals surface area (Å²) in [5.74, 6) is 0. The van der Waals surface area contributed by atoms with E-state index in [-0.39, 0.29) is 0 Å². The van der Waals surface area contributed by atoms with Gasteiger partial charge in [-0.15, -0.1) is 0 Å². The van der Waals surface area contributed by atoms with Gasteiger partial charge in [0.2, 0.25) is 0 Å². The van der Waals surface area contributed by atoms with Crippen LogP contribution >= 0.6 is 47.0 Å². The summed E-state index contributed by atoms with van der Waals surface area (Å²) in [5.41, 5.74) is 0. The molecule has 0 aliphatic heterocycles. The summed E-state index contributed by atoms with van der Waals surface area (Å²) in [4.78, 5) is 10.2. The van der Waals surface area contributed by atoms with Crippen LogP contribution < -0.4 is 0 Å². The Kier molecular flexibility index (Phi) is 10.9. The maximum absolute atomic E-state index is 2.18. The predicted molar refractivity (Wildman–Crippen MR) is 175 cm³/mol. The molecule has 196 valence electrons. The van der Waals surface area contributed by atoms with Crippen LogP contribution in [0.25, 0.3) is 0 Å². The molecule has 6 aromatic rings. The summed E-state index contributed by atoms with van der Waals surface area (Å²) in [5, 5.41) is 0. The quantitative estimate of drug-likeness (QED) is 0.173. The third kappa shape index (κ3) is 9.42. The molecule has 0 atom stereocenters. The lowest BCUT2D eigenvalue weighted by atomic mass is 10.4. The minimum atomic E-state index is 1.27. The molecular weight excluding hydrogens is 561 g/mol. The molecule has 0 spiro atoms. The smallest absolute Gasteiger partial charge is 0.0123 e. The van der Waals surface area contributed by atoms with E-state index in [9.17, 15) is 0 Å². The summed E-state index contributed by atoms with van der Waals surface area (Å²) >= 11 is 7.17. The van der Waals surface area contributed by atoms with E-state index in [1.54, 1.807) is 47.0 Å². The van der Waals surface area contributed by atoms with Gasteiger partial charge >= 0.3 is 0 Å². The molecule has 0 amide bonds. The third-order valence-corrected chi connectivity index (χ3v) is 9.63. The molecule has 0 unspecified atom stereocenters. The zero-order chi connectivity index (χ0) is 27.2. The van der Waals surface area contributed by atoms with Crippen molar-refractivity contribution < 1.29 is 0 Å². The molecule has 0 fully saturated rings. The van der Waals surface area contributed by atoms with Crippen molar-refractivity contribution in [3.8, 4) is 0 Å². The van der Waals surface area contributed by atoms with Crippen LogP contribution in [0.3, 0.4) is 0 Å². The first-order chi connectivity index (χ1) is 19.8. The molecule has 40 heavy (non-hydrogen) atoms. The second kappa shape index (κ2) is 15.5. The van der Waals surface area contributed by atoms with Crippen LogP contribution in [0.1, 0.15) is 0 Å². The lowest BCUT2D eigenvalue weighted by Gasteiger charge is -2.04. The van der Waals surface area contributed by atoms with Crippen molar-refractivity contribution in [2.24, 2.45) is 0 Å². The molecule has 6 rings (SSSR count). The number of benzene rings is 6. The molecule has 0 heterocycles. The summed E-state index contributed by atoms with van der Waals surface area (Å²) in [7, 11) is 0. The van der Waals surface area contributed by atoms with E-state index in [2.05, 4.69) is 146 Å². The Balaban J connectivity index is 0.000000161. The highest BCUT2D eigenvalue weighted by Crippen LogP contribution is 2.33. The Morgan fingerprint density at radius 1 is 0.175 bits per heavy atom. The largest absolute Gasteiger partial charge is 0.0901 e. The normalized spacial score (nSPS) is 10.4. The zero-order valence-corrected chi connectivity index (χ0v) is 25.1. The molecule has 0 aliphatic rings. The van der Waals surface area contributed by atoms with Gasteiger partial charge in [-0.3, -0.25) is 0 Å². The minimum Gasteiger partial charge on any atom is -0.0901 e. The monoisotopic (exact) mass is 588 g/mol. The molecule has 0 aromatic heterocycles. The standard InChI is InChI=1S/2C18H14S2/c2*1-3-7-15(8-4-1)19-17-11-13-18(14-12-17)20-16-9-5-2-6-10-16/h2*1-14H. The Hall–Kier alpha value is -3.28. The van der Waals surface area contributed by atoms with Crippen molar-refractivity contribution in [1.82, 2.24) is 0 Å². The van der Waals surface area contributed by atoms with E-state index in [0.717, 1.165) is 0 Å². The van der Waals surface area contributed by atoms with Gasteiger partial charge in [-0.25, -0.2) is 0 Å². The highest BCUT2D eigenvalue weighted by atomic mass is 32.2. The van der Waals surface area contributed by atoms with Crippen LogP contribution in [0.15, 0.2) is 209 Å². The van der Waals surface area contributed by atoms with E-state index in [1.165, 1.54) is 39.2 Å². The topological polar surface area (TPSA) is 0 Å². The van der Waals surface area contributed by atoms with Crippen LogP contribution in [0.2, 0.25) is 0 Å². The highest BCUT2D eigenvalue weighted by Gasteiger charge is 2.01. The first-order valence-corrected chi connectivity index (χ1v) is 16.2. The Morgan fingerprint density at radius 3 is 0.500 bits per heavy atom. The van der Waals surface area contributed by atoms with Gasteiger partial charge in [0.1, 0.15) is 0 Å². The minimum absolute atomic E-state index is 1.27. The first kappa shape index (κ1) is 28.3. The van der Waals surface area contributed by atoms with Gasteiger partial charge in [-0.05, 0) is 97.1 Å². The fraction of sp³-hybridized carbons (Fsp3) is 0. The molecule has 6 aromatic carbocycles. The molecule has 4 heteroatoms. The second-order valence-electron chi connectivity index (χ2n) is 8.60. The molecule has 0 radical (unpaired) electrons. The Labute approximate surface area is 254 Å². The van der Waals surface area contributed by atoms with Crippen LogP contribution in [-0.4, -0.2) is 0 Å². The van der Waals surface area contributed by atoms with E-state index >= 15 is 0 Å². The number of rotatable bonds is 8. The van der Waals surface area contributed by atoms with Crippen molar-refractivity contribution in [3.63, 3.8) is 0 Å². The maximum Gasteiger partial charge on any atom is 0.0123 e. The molecule has 0 bridgehead atoms. The van der Waals surface area contributed by atoms with Crippen molar-refractivity contribution in [2.45, 2.75) is 39.2 Å². The highest BCUT2D eigenvalue weighted by molar-refractivity contribution is 8.00. The summed E-state index contributed by atoms with van der Waals surface area (Å²) in [6, 6.07) is 59.3. The van der Waals surface area contributed by atoms with Crippen LogP contribution in [0.4, 0.5) is 0 Å². The zero-order valence-electron chi connectivity index (χ0n) is 21.8. The van der Waals surface area contributed by atoms with Gasteiger partial charge in [-0.1, -0.05) is 120 Å². The first-order valence-electron chi connectivity index (χ1n) is 12.9. The number of hydrogen-bond donors (Lipinski definition) is 0. The average molecular weight is 589 g/mol. The van der Waals surface area contributed by atoms with Gasteiger partial charge in [0.25, 0.3) is 0 Å². The van der Waals surface area contributed by atoms with Crippen molar-refractivity contribution in [3.05, 3.63) is 170 Å². The molecular formula is C36H28S4. The molecule has 0 aliphatic carbocycles. The average Bonchev–Trinajstić information content (AvgIpc) is 3.02. The van der Waals surface area contributed by atoms with E-state index in [0.29, 0.717) is 0 Å². The van der Waals surface area contributed by atoms with E-state index in [4.69, 9.17) is 0 Å².